The van der Waals surface area contributed by atoms with Gasteiger partial charge < -0.3 is 10.2 Å². The summed E-state index contributed by atoms with van der Waals surface area (Å²) in [6.45, 7) is 3.57. The van der Waals surface area contributed by atoms with Gasteiger partial charge in [0.15, 0.2) is 0 Å². The Morgan fingerprint density at radius 2 is 1.71 bits per heavy atom. The van der Waals surface area contributed by atoms with E-state index < -0.39 is 28.5 Å². The number of hydrogen-bond acceptors (Lipinski definition) is 4. The van der Waals surface area contributed by atoms with Gasteiger partial charge in [-0.15, -0.1) is 0 Å². The van der Waals surface area contributed by atoms with Crippen molar-refractivity contribution in [2.45, 2.75) is 39.3 Å². The molecule has 7 nitrogen and oxygen atoms in total. The van der Waals surface area contributed by atoms with Crippen LogP contribution in [0.15, 0.2) is 42.5 Å². The predicted molar refractivity (Wildman–Crippen MR) is 138 cm³/mol. The van der Waals surface area contributed by atoms with Gasteiger partial charge >= 0.3 is 0 Å². The fourth-order valence-corrected chi connectivity index (χ4v) is 4.67. The second kappa shape index (κ2) is 12.6. The van der Waals surface area contributed by atoms with Crippen molar-refractivity contribution in [2.24, 2.45) is 0 Å². The summed E-state index contributed by atoms with van der Waals surface area (Å²) in [6, 6.07) is 10.4. The van der Waals surface area contributed by atoms with Crippen LogP contribution in [0.3, 0.4) is 0 Å². The highest BCUT2D eigenvalue weighted by atomic mass is 35.5. The molecule has 0 spiro atoms. The smallest absolute Gasteiger partial charge is 0.244 e. The number of rotatable bonds is 11. The number of para-hydroxylation sites is 1. The Balaban J connectivity index is 2.38. The molecule has 2 aromatic carbocycles. The highest BCUT2D eigenvalue weighted by Crippen LogP contribution is 2.28. The molecule has 0 aliphatic heterocycles. The van der Waals surface area contributed by atoms with Crippen molar-refractivity contribution in [2.75, 3.05) is 23.7 Å². The first-order chi connectivity index (χ1) is 16.0. The largest absolute Gasteiger partial charge is 0.354 e. The zero-order chi connectivity index (χ0) is 25.5. The molecule has 1 atom stereocenters. The molecule has 11 heteroatoms. The first-order valence-electron chi connectivity index (χ1n) is 10.7. The van der Waals surface area contributed by atoms with Crippen LogP contribution in [0.1, 0.15) is 32.3 Å². The van der Waals surface area contributed by atoms with Gasteiger partial charge in [0.2, 0.25) is 21.8 Å². The van der Waals surface area contributed by atoms with Crippen LogP contribution in [0.4, 0.5) is 5.69 Å². The highest BCUT2D eigenvalue weighted by Gasteiger charge is 2.30. The minimum absolute atomic E-state index is 0.0260. The van der Waals surface area contributed by atoms with Crippen molar-refractivity contribution in [3.63, 3.8) is 0 Å². The van der Waals surface area contributed by atoms with Gasteiger partial charge in [-0.1, -0.05) is 66.3 Å². The Bertz CT molecular complexity index is 1130. The van der Waals surface area contributed by atoms with E-state index in [1.54, 1.807) is 37.3 Å². The van der Waals surface area contributed by atoms with Crippen molar-refractivity contribution in [1.82, 2.24) is 10.2 Å². The first kappa shape index (κ1) is 28.2. The van der Waals surface area contributed by atoms with Gasteiger partial charge in [0, 0.05) is 13.1 Å². The number of benzene rings is 2. The van der Waals surface area contributed by atoms with E-state index in [0.29, 0.717) is 22.2 Å². The van der Waals surface area contributed by atoms with Gasteiger partial charge in [-0.2, -0.15) is 0 Å². The highest BCUT2D eigenvalue weighted by molar-refractivity contribution is 7.92. The summed E-state index contributed by atoms with van der Waals surface area (Å²) >= 11 is 18.3. The molecule has 2 amide bonds. The number of unbranched alkanes of at least 4 members (excludes halogenated alkanes) is 1. The Labute approximate surface area is 216 Å². The third-order valence-electron chi connectivity index (χ3n) is 5.13. The maximum atomic E-state index is 13.5. The van der Waals surface area contributed by atoms with Gasteiger partial charge in [-0.25, -0.2) is 8.42 Å². The number of nitrogens with one attached hydrogen (secondary N) is 1. The minimum atomic E-state index is -3.86. The lowest BCUT2D eigenvalue weighted by molar-refractivity contribution is -0.139. The Kier molecular flexibility index (Phi) is 10.5. The van der Waals surface area contributed by atoms with Gasteiger partial charge in [0.25, 0.3) is 0 Å². The number of hydrogen-bond donors (Lipinski definition) is 1. The van der Waals surface area contributed by atoms with E-state index in [1.807, 2.05) is 6.92 Å². The molecule has 0 fully saturated rings. The molecule has 2 rings (SSSR count). The van der Waals surface area contributed by atoms with E-state index in [1.165, 1.54) is 17.0 Å². The summed E-state index contributed by atoms with van der Waals surface area (Å²) in [5.41, 5.74) is 0.814. The quantitative estimate of drug-likeness (QED) is 0.411. The molecule has 0 bridgehead atoms. The molecule has 1 N–H and O–H groups in total. The Morgan fingerprint density at radius 3 is 2.29 bits per heavy atom. The van der Waals surface area contributed by atoms with Gasteiger partial charge in [-0.3, -0.25) is 13.9 Å². The number of nitrogens with zero attached hydrogens (tertiary/aromatic N) is 2. The molecule has 0 saturated heterocycles. The summed E-state index contributed by atoms with van der Waals surface area (Å²) < 4.78 is 26.0. The lowest BCUT2D eigenvalue weighted by Gasteiger charge is -2.31. The molecule has 0 aromatic heterocycles. The fraction of sp³-hybridized carbons (Fsp3) is 0.391. The number of amides is 2. The maximum Gasteiger partial charge on any atom is 0.244 e. The molecule has 0 radical (unpaired) electrons. The molecule has 0 heterocycles. The van der Waals surface area contributed by atoms with Crippen LogP contribution in [0.25, 0.3) is 0 Å². The maximum absolute atomic E-state index is 13.5. The van der Waals surface area contributed by atoms with Crippen molar-refractivity contribution in [3.8, 4) is 0 Å². The molecule has 2 aromatic rings. The number of carbonyl (C=O) groups excluding carboxylic acids is 2. The summed E-state index contributed by atoms with van der Waals surface area (Å²) in [7, 11) is -3.86. The van der Waals surface area contributed by atoms with Crippen LogP contribution in [0, 0.1) is 0 Å². The molecular formula is C23H28Cl3N3O4S. The zero-order valence-electron chi connectivity index (χ0n) is 19.2. The minimum Gasteiger partial charge on any atom is -0.354 e. The second-order valence-corrected chi connectivity index (χ2v) is 10.9. The zero-order valence-corrected chi connectivity index (χ0v) is 22.3. The molecule has 34 heavy (non-hydrogen) atoms. The van der Waals surface area contributed by atoms with E-state index in [2.05, 4.69) is 5.32 Å². The third kappa shape index (κ3) is 7.77. The van der Waals surface area contributed by atoms with Gasteiger partial charge in [0.1, 0.15) is 12.6 Å². The standard InChI is InChI=1S/C23H28Cl3N3O4S/c1-4-5-12-27-23(31)16(2)28(14-17-10-11-18(24)20(26)13-17)22(30)15-29(34(3,32)33)21-9-7-6-8-19(21)25/h6-11,13,16H,4-5,12,14-15H2,1-3H3,(H,27,31)/t16-/m0/s1. The van der Waals surface area contributed by atoms with Gasteiger partial charge in [-0.05, 0) is 43.2 Å². The Morgan fingerprint density at radius 1 is 1.03 bits per heavy atom. The van der Waals surface area contributed by atoms with E-state index in [9.17, 15) is 18.0 Å². The van der Waals surface area contributed by atoms with Crippen molar-refractivity contribution >= 4 is 62.3 Å². The average molecular weight is 549 g/mol. The molecule has 0 aliphatic rings. The monoisotopic (exact) mass is 547 g/mol. The normalized spacial score (nSPS) is 12.2. The molecule has 186 valence electrons. The molecule has 0 aliphatic carbocycles. The van der Waals surface area contributed by atoms with E-state index in [0.717, 1.165) is 23.4 Å². The third-order valence-corrected chi connectivity index (χ3v) is 7.32. The van der Waals surface area contributed by atoms with Crippen molar-refractivity contribution < 1.29 is 18.0 Å². The number of carbonyl (C=O) groups is 2. The fourth-order valence-electron chi connectivity index (χ4n) is 3.20. The SMILES string of the molecule is CCCCNC(=O)[C@H](C)N(Cc1ccc(Cl)c(Cl)c1)C(=O)CN(c1ccccc1Cl)S(C)(=O)=O. The molecular weight excluding hydrogens is 521 g/mol. The lowest BCUT2D eigenvalue weighted by atomic mass is 10.1. The van der Waals surface area contributed by atoms with Crippen LogP contribution in [-0.2, 0) is 26.2 Å². The van der Waals surface area contributed by atoms with E-state index in [-0.39, 0.29) is 23.2 Å². The van der Waals surface area contributed by atoms with Gasteiger partial charge in [0.05, 0.1) is 27.0 Å². The van der Waals surface area contributed by atoms with Crippen LogP contribution in [-0.4, -0.2) is 50.5 Å². The molecule has 0 unspecified atom stereocenters. The molecule has 0 saturated carbocycles. The van der Waals surface area contributed by atoms with Crippen molar-refractivity contribution in [3.05, 3.63) is 63.1 Å². The Hall–Kier alpha value is -2.00. The lowest BCUT2D eigenvalue weighted by Crippen LogP contribution is -2.51. The van der Waals surface area contributed by atoms with Crippen LogP contribution < -0.4 is 9.62 Å². The predicted octanol–water partition coefficient (Wildman–Crippen LogP) is 4.75. The first-order valence-corrected chi connectivity index (χ1v) is 13.7. The topological polar surface area (TPSA) is 86.8 Å². The summed E-state index contributed by atoms with van der Waals surface area (Å²) in [4.78, 5) is 27.5. The second-order valence-electron chi connectivity index (χ2n) is 7.81. The van der Waals surface area contributed by atoms with E-state index >= 15 is 0 Å². The number of anilines is 1. The van der Waals surface area contributed by atoms with Crippen molar-refractivity contribution in [1.29, 1.82) is 0 Å². The van der Waals surface area contributed by atoms with Crippen LogP contribution in [0.2, 0.25) is 15.1 Å². The summed E-state index contributed by atoms with van der Waals surface area (Å²) in [6.07, 6.45) is 2.70. The number of sulfonamides is 1. The summed E-state index contributed by atoms with van der Waals surface area (Å²) in [5.74, 6) is -0.917. The van der Waals surface area contributed by atoms with Crippen LogP contribution in [0.5, 0.6) is 0 Å². The van der Waals surface area contributed by atoms with E-state index in [4.69, 9.17) is 34.8 Å². The summed E-state index contributed by atoms with van der Waals surface area (Å²) in [5, 5.41) is 3.66. The average Bonchev–Trinajstić information content (AvgIpc) is 2.77. The van der Waals surface area contributed by atoms with Crippen LogP contribution >= 0.6 is 34.8 Å². The number of halogens is 3.